The largest absolute Gasteiger partial charge is 0.324 e. The highest BCUT2D eigenvalue weighted by Crippen LogP contribution is 2.14. The maximum atomic E-state index is 11.5. The van der Waals surface area contributed by atoms with Crippen molar-refractivity contribution in [2.24, 2.45) is 5.84 Å². The highest BCUT2D eigenvalue weighted by atomic mass is 32.2. The molecule has 5 heteroatoms. The van der Waals surface area contributed by atoms with Gasteiger partial charge in [-0.05, 0) is 24.3 Å². The van der Waals surface area contributed by atoms with E-state index < -0.39 is 9.84 Å². The molecule has 1 rings (SSSR count). The van der Waals surface area contributed by atoms with E-state index in [1.165, 1.54) is 18.2 Å². The number of nitrogens with one attached hydrogen (secondary N) is 1. The molecule has 0 spiro atoms. The molecule has 0 aromatic heterocycles. The minimum atomic E-state index is -3.22. The summed E-state index contributed by atoms with van der Waals surface area (Å²) in [6.07, 6.45) is 1.37. The van der Waals surface area contributed by atoms with Crippen LogP contribution in [0.1, 0.15) is 0 Å². The molecule has 4 nitrogen and oxygen atoms in total. The van der Waals surface area contributed by atoms with Crippen LogP contribution in [0.4, 0.5) is 5.69 Å². The molecule has 0 aliphatic rings. The first-order valence-electron chi connectivity index (χ1n) is 4.00. The second-order valence-corrected chi connectivity index (χ2v) is 4.77. The van der Waals surface area contributed by atoms with Gasteiger partial charge in [-0.3, -0.25) is 5.84 Å². The lowest BCUT2D eigenvalue weighted by molar-refractivity contribution is 0.599. The zero-order chi connectivity index (χ0) is 10.6. The van der Waals surface area contributed by atoms with Crippen molar-refractivity contribution in [3.8, 4) is 0 Å². The SMILES string of the molecule is C=CCS(=O)(=O)c1ccc(NN)cc1. The standard InChI is InChI=1S/C9H12N2O2S/c1-2-7-14(12,13)9-5-3-8(11-10)4-6-9/h2-6,11H,1,7,10H2. The quantitative estimate of drug-likeness (QED) is 0.442. The van der Waals surface area contributed by atoms with Crippen LogP contribution >= 0.6 is 0 Å². The zero-order valence-electron chi connectivity index (χ0n) is 7.60. The summed E-state index contributed by atoms with van der Waals surface area (Å²) in [4.78, 5) is 0.274. The van der Waals surface area contributed by atoms with Crippen molar-refractivity contribution in [1.29, 1.82) is 0 Å². The van der Waals surface area contributed by atoms with Crippen LogP contribution in [0, 0.1) is 0 Å². The first-order chi connectivity index (χ1) is 6.60. The molecule has 0 aliphatic heterocycles. The van der Waals surface area contributed by atoms with Crippen LogP contribution in [0.5, 0.6) is 0 Å². The zero-order valence-corrected chi connectivity index (χ0v) is 8.42. The van der Waals surface area contributed by atoms with Crippen molar-refractivity contribution in [1.82, 2.24) is 0 Å². The number of hydrazine groups is 1. The predicted octanol–water partition coefficient (Wildman–Crippen LogP) is 0.932. The van der Waals surface area contributed by atoms with Gasteiger partial charge in [0.15, 0.2) is 9.84 Å². The van der Waals surface area contributed by atoms with E-state index in [0.717, 1.165) is 0 Å². The van der Waals surface area contributed by atoms with Gasteiger partial charge < -0.3 is 5.43 Å². The summed E-state index contributed by atoms with van der Waals surface area (Å²) in [5.74, 6) is 5.10. The van der Waals surface area contributed by atoms with Gasteiger partial charge in [-0.15, -0.1) is 6.58 Å². The summed E-state index contributed by atoms with van der Waals surface area (Å²) in [6.45, 7) is 3.39. The molecular weight excluding hydrogens is 200 g/mol. The number of anilines is 1. The number of rotatable bonds is 4. The second kappa shape index (κ2) is 4.26. The average molecular weight is 212 g/mol. The van der Waals surface area contributed by atoms with E-state index in [9.17, 15) is 8.42 Å². The predicted molar refractivity (Wildman–Crippen MR) is 56.5 cm³/mol. The van der Waals surface area contributed by atoms with Gasteiger partial charge in [0.1, 0.15) is 0 Å². The monoisotopic (exact) mass is 212 g/mol. The van der Waals surface area contributed by atoms with Crippen LogP contribution in [-0.4, -0.2) is 14.2 Å². The van der Waals surface area contributed by atoms with Gasteiger partial charge in [-0.1, -0.05) is 6.08 Å². The topological polar surface area (TPSA) is 72.2 Å². The average Bonchev–Trinajstić information content (AvgIpc) is 2.18. The van der Waals surface area contributed by atoms with Crippen molar-refractivity contribution < 1.29 is 8.42 Å². The molecule has 0 bridgehead atoms. The van der Waals surface area contributed by atoms with E-state index >= 15 is 0 Å². The fraction of sp³-hybridized carbons (Fsp3) is 0.111. The van der Waals surface area contributed by atoms with Crippen molar-refractivity contribution in [2.75, 3.05) is 11.2 Å². The van der Waals surface area contributed by atoms with E-state index in [0.29, 0.717) is 5.69 Å². The molecular formula is C9H12N2O2S. The van der Waals surface area contributed by atoms with Crippen molar-refractivity contribution in [2.45, 2.75) is 4.90 Å². The number of sulfone groups is 1. The molecule has 3 N–H and O–H groups in total. The molecule has 0 atom stereocenters. The summed E-state index contributed by atoms with van der Waals surface area (Å²) < 4.78 is 23.0. The summed E-state index contributed by atoms with van der Waals surface area (Å²) in [7, 11) is -3.22. The summed E-state index contributed by atoms with van der Waals surface area (Å²) in [5, 5.41) is 0. The van der Waals surface area contributed by atoms with E-state index in [2.05, 4.69) is 12.0 Å². The lowest BCUT2D eigenvalue weighted by Crippen LogP contribution is -2.08. The Morgan fingerprint density at radius 2 is 1.93 bits per heavy atom. The van der Waals surface area contributed by atoms with Crippen LogP contribution in [0.2, 0.25) is 0 Å². The molecule has 0 radical (unpaired) electrons. The van der Waals surface area contributed by atoms with Crippen molar-refractivity contribution in [3.63, 3.8) is 0 Å². The fourth-order valence-electron chi connectivity index (χ4n) is 1.01. The summed E-state index contributed by atoms with van der Waals surface area (Å²) in [6, 6.07) is 6.23. The van der Waals surface area contributed by atoms with E-state index in [-0.39, 0.29) is 10.6 Å². The number of nitrogen functional groups attached to an aromatic ring is 1. The van der Waals surface area contributed by atoms with Crippen LogP contribution in [0.3, 0.4) is 0 Å². The molecule has 0 unspecified atom stereocenters. The number of hydrogen-bond acceptors (Lipinski definition) is 4. The Morgan fingerprint density at radius 1 is 1.36 bits per heavy atom. The van der Waals surface area contributed by atoms with E-state index in [4.69, 9.17) is 5.84 Å². The minimum absolute atomic E-state index is 0.0532. The lowest BCUT2D eigenvalue weighted by Gasteiger charge is -2.03. The maximum absolute atomic E-state index is 11.5. The third-order valence-corrected chi connectivity index (χ3v) is 3.38. The molecule has 76 valence electrons. The van der Waals surface area contributed by atoms with Gasteiger partial charge >= 0.3 is 0 Å². The third kappa shape index (κ3) is 2.34. The van der Waals surface area contributed by atoms with Gasteiger partial charge in [-0.2, -0.15) is 0 Å². The maximum Gasteiger partial charge on any atom is 0.181 e. The Morgan fingerprint density at radius 3 is 2.36 bits per heavy atom. The molecule has 0 saturated heterocycles. The Kier molecular flexibility index (Phi) is 3.27. The van der Waals surface area contributed by atoms with Crippen LogP contribution < -0.4 is 11.3 Å². The normalized spacial score (nSPS) is 10.9. The highest BCUT2D eigenvalue weighted by Gasteiger charge is 2.11. The fourth-order valence-corrected chi connectivity index (χ4v) is 2.06. The lowest BCUT2D eigenvalue weighted by atomic mass is 10.3. The Balaban J connectivity index is 3.03. The third-order valence-electron chi connectivity index (χ3n) is 1.72. The Labute approximate surface area is 83.3 Å². The summed E-state index contributed by atoms with van der Waals surface area (Å²) in [5.41, 5.74) is 3.09. The van der Waals surface area contributed by atoms with E-state index in [1.807, 2.05) is 0 Å². The van der Waals surface area contributed by atoms with E-state index in [1.54, 1.807) is 12.1 Å². The van der Waals surface area contributed by atoms with Crippen LogP contribution in [-0.2, 0) is 9.84 Å². The molecule has 0 saturated carbocycles. The molecule has 0 heterocycles. The number of hydrogen-bond donors (Lipinski definition) is 2. The van der Waals surface area contributed by atoms with Gasteiger partial charge in [0, 0.05) is 5.69 Å². The smallest absolute Gasteiger partial charge is 0.181 e. The van der Waals surface area contributed by atoms with Gasteiger partial charge in [-0.25, -0.2) is 8.42 Å². The Hall–Kier alpha value is -1.33. The second-order valence-electron chi connectivity index (χ2n) is 2.74. The van der Waals surface area contributed by atoms with Gasteiger partial charge in [0.25, 0.3) is 0 Å². The van der Waals surface area contributed by atoms with Gasteiger partial charge in [0.05, 0.1) is 10.6 Å². The molecule has 0 fully saturated rings. The van der Waals surface area contributed by atoms with Crippen LogP contribution in [0.15, 0.2) is 41.8 Å². The molecule has 0 aliphatic carbocycles. The van der Waals surface area contributed by atoms with Crippen molar-refractivity contribution >= 4 is 15.5 Å². The van der Waals surface area contributed by atoms with Crippen LogP contribution in [0.25, 0.3) is 0 Å². The molecule has 0 amide bonds. The number of benzene rings is 1. The van der Waals surface area contributed by atoms with Gasteiger partial charge in [0.2, 0.25) is 0 Å². The molecule has 1 aromatic rings. The first kappa shape index (κ1) is 10.7. The molecule has 14 heavy (non-hydrogen) atoms. The Bertz CT molecular complexity index is 409. The number of nitrogens with two attached hydrogens (primary N) is 1. The first-order valence-corrected chi connectivity index (χ1v) is 5.65. The highest BCUT2D eigenvalue weighted by molar-refractivity contribution is 7.91. The minimum Gasteiger partial charge on any atom is -0.324 e. The summed E-state index contributed by atoms with van der Waals surface area (Å²) >= 11 is 0. The molecule has 1 aromatic carbocycles. The van der Waals surface area contributed by atoms with Crippen molar-refractivity contribution in [3.05, 3.63) is 36.9 Å².